The largest absolute Gasteiger partial charge is 0.490 e. The van der Waals surface area contributed by atoms with Crippen molar-refractivity contribution < 1.29 is 9.84 Å². The Labute approximate surface area is 204 Å². The Morgan fingerprint density at radius 2 is 1.82 bits per heavy atom. The molecule has 6 rings (SSSR count). The maximum atomic E-state index is 13.3. The summed E-state index contributed by atoms with van der Waals surface area (Å²) in [6.45, 7) is 0. The van der Waals surface area contributed by atoms with Gasteiger partial charge < -0.3 is 14.7 Å². The third-order valence-electron chi connectivity index (χ3n) is 8.25. The number of nitrogens with zero attached hydrogens (tertiary/aromatic N) is 3. The highest BCUT2D eigenvalue weighted by molar-refractivity contribution is 7.18. The fourth-order valence-corrected chi connectivity index (χ4v) is 7.45. The van der Waals surface area contributed by atoms with Gasteiger partial charge in [-0.2, -0.15) is 0 Å². The lowest BCUT2D eigenvalue weighted by Crippen LogP contribution is -2.43. The van der Waals surface area contributed by atoms with Crippen molar-refractivity contribution in [3.63, 3.8) is 0 Å². The molecular weight excluding hydrogens is 446 g/mol. The topological polar surface area (TPSA) is 67.6 Å². The van der Waals surface area contributed by atoms with Crippen molar-refractivity contribution in [3.8, 4) is 11.4 Å². The lowest BCUT2D eigenvalue weighted by molar-refractivity contribution is 0.00520. The fraction of sp³-hybridized carbons (Fsp3) is 0.556. The molecule has 1 aromatic carbocycles. The standard InChI is InChI=1S/C27H33N3O3S/c1-29-19-5-6-20(29)14-22(13-19)33-21-9-7-18(8-10-21)30-17-28-24-15-23(34-25(24)26(30)31)16-27(32)11-3-2-4-12-27/h7-10,15,17,19-20,22,32H,2-6,11-14,16H2,1H3/t19-,20+,22+. The van der Waals surface area contributed by atoms with Crippen LogP contribution < -0.4 is 10.3 Å². The van der Waals surface area contributed by atoms with Crippen molar-refractivity contribution >= 4 is 21.6 Å². The van der Waals surface area contributed by atoms with Crippen LogP contribution in [0.4, 0.5) is 0 Å². The number of aliphatic hydroxyl groups is 1. The summed E-state index contributed by atoms with van der Waals surface area (Å²) in [5.74, 6) is 0.860. The SMILES string of the molecule is CN1[C@@H]2CC[C@H]1C[C@@H](Oc1ccc(-n3cnc4cc(CC5(O)CCCCC5)sc4c3=O)cc1)C2. The van der Waals surface area contributed by atoms with Crippen LogP contribution in [0.1, 0.15) is 62.7 Å². The lowest BCUT2D eigenvalue weighted by Gasteiger charge is -2.36. The van der Waals surface area contributed by atoms with E-state index < -0.39 is 5.60 Å². The Balaban J connectivity index is 1.19. The maximum Gasteiger partial charge on any atom is 0.275 e. The van der Waals surface area contributed by atoms with E-state index in [9.17, 15) is 9.90 Å². The molecule has 2 bridgehead atoms. The summed E-state index contributed by atoms with van der Waals surface area (Å²) in [4.78, 5) is 21.4. The van der Waals surface area contributed by atoms with Crippen LogP contribution >= 0.6 is 11.3 Å². The highest BCUT2D eigenvalue weighted by Gasteiger charge is 2.39. The van der Waals surface area contributed by atoms with Crippen LogP contribution in [-0.4, -0.2) is 50.4 Å². The number of benzene rings is 1. The molecular formula is C27H33N3O3S. The van der Waals surface area contributed by atoms with Crippen LogP contribution in [0.3, 0.4) is 0 Å². The third kappa shape index (κ3) is 4.18. The van der Waals surface area contributed by atoms with Crippen molar-refractivity contribution in [2.24, 2.45) is 0 Å². The summed E-state index contributed by atoms with van der Waals surface area (Å²) >= 11 is 1.47. The van der Waals surface area contributed by atoms with Crippen LogP contribution in [-0.2, 0) is 6.42 Å². The van der Waals surface area contributed by atoms with E-state index in [-0.39, 0.29) is 11.7 Å². The van der Waals surface area contributed by atoms with Crippen LogP contribution in [0, 0.1) is 0 Å². The molecule has 2 saturated heterocycles. The number of rotatable bonds is 5. The molecule has 3 atom stereocenters. The molecule has 2 aliphatic heterocycles. The number of ether oxygens (including phenoxy) is 1. The Morgan fingerprint density at radius 1 is 1.12 bits per heavy atom. The van der Waals surface area contributed by atoms with E-state index in [1.807, 2.05) is 30.3 Å². The molecule has 180 valence electrons. The van der Waals surface area contributed by atoms with E-state index in [4.69, 9.17) is 4.74 Å². The van der Waals surface area contributed by atoms with Gasteiger partial charge in [-0.1, -0.05) is 19.3 Å². The molecule has 1 N–H and O–H groups in total. The van der Waals surface area contributed by atoms with Gasteiger partial charge in [0, 0.05) is 23.4 Å². The predicted molar refractivity (Wildman–Crippen MR) is 135 cm³/mol. The van der Waals surface area contributed by atoms with Crippen LogP contribution in [0.5, 0.6) is 5.75 Å². The summed E-state index contributed by atoms with van der Waals surface area (Å²) < 4.78 is 8.57. The number of thiophene rings is 1. The molecule has 1 saturated carbocycles. The zero-order chi connectivity index (χ0) is 23.3. The lowest BCUT2D eigenvalue weighted by atomic mass is 9.82. The first kappa shape index (κ1) is 22.3. The Bertz CT molecular complexity index is 1210. The number of piperidine rings is 1. The molecule has 1 aliphatic carbocycles. The number of hydrogen-bond donors (Lipinski definition) is 1. The first-order valence-corrected chi connectivity index (χ1v) is 13.5. The highest BCUT2D eigenvalue weighted by Crippen LogP contribution is 2.36. The first-order chi connectivity index (χ1) is 16.5. The minimum absolute atomic E-state index is 0.0579. The Hall–Kier alpha value is -2.22. The fourth-order valence-electron chi connectivity index (χ4n) is 6.28. The molecule has 0 unspecified atom stereocenters. The first-order valence-electron chi connectivity index (χ1n) is 12.7. The Kier molecular flexibility index (Phi) is 5.74. The summed E-state index contributed by atoms with van der Waals surface area (Å²) in [5.41, 5.74) is 0.812. The molecule has 4 heterocycles. The minimum atomic E-state index is -0.638. The van der Waals surface area contributed by atoms with Crippen molar-refractivity contribution in [1.82, 2.24) is 14.5 Å². The van der Waals surface area contributed by atoms with Gasteiger partial charge in [-0.25, -0.2) is 4.98 Å². The zero-order valence-electron chi connectivity index (χ0n) is 19.8. The van der Waals surface area contributed by atoms with E-state index in [1.54, 1.807) is 10.9 Å². The third-order valence-corrected chi connectivity index (χ3v) is 9.36. The highest BCUT2D eigenvalue weighted by atomic mass is 32.1. The summed E-state index contributed by atoms with van der Waals surface area (Å²) in [7, 11) is 2.24. The minimum Gasteiger partial charge on any atom is -0.490 e. The van der Waals surface area contributed by atoms with Gasteiger partial charge in [-0.05, 0) is 75.9 Å². The number of aromatic nitrogens is 2. The van der Waals surface area contributed by atoms with E-state index in [2.05, 4.69) is 16.9 Å². The molecule has 0 amide bonds. The van der Waals surface area contributed by atoms with Crippen LogP contribution in [0.15, 0.2) is 41.5 Å². The molecule has 0 spiro atoms. The van der Waals surface area contributed by atoms with Gasteiger partial charge in [0.2, 0.25) is 0 Å². The molecule has 2 aromatic heterocycles. The predicted octanol–water partition coefficient (Wildman–Crippen LogP) is 4.69. The molecule has 3 aliphatic rings. The monoisotopic (exact) mass is 479 g/mol. The van der Waals surface area contributed by atoms with Crippen LogP contribution in [0.2, 0.25) is 0 Å². The average Bonchev–Trinajstić information content (AvgIpc) is 3.30. The molecule has 6 nitrogen and oxygen atoms in total. The second kappa shape index (κ2) is 8.77. The van der Waals surface area contributed by atoms with E-state index in [0.717, 1.165) is 60.4 Å². The number of hydrogen-bond acceptors (Lipinski definition) is 6. The van der Waals surface area contributed by atoms with Crippen molar-refractivity contribution in [1.29, 1.82) is 0 Å². The smallest absolute Gasteiger partial charge is 0.275 e. The summed E-state index contributed by atoms with van der Waals surface area (Å²) in [6, 6.07) is 11.1. The zero-order valence-corrected chi connectivity index (χ0v) is 20.6. The van der Waals surface area contributed by atoms with E-state index in [1.165, 1.54) is 30.6 Å². The summed E-state index contributed by atoms with van der Waals surface area (Å²) in [5, 5.41) is 10.9. The average molecular weight is 480 g/mol. The van der Waals surface area contributed by atoms with Gasteiger partial charge in [0.25, 0.3) is 5.56 Å². The van der Waals surface area contributed by atoms with Gasteiger partial charge in [-0.15, -0.1) is 11.3 Å². The van der Waals surface area contributed by atoms with Gasteiger partial charge >= 0.3 is 0 Å². The normalized spacial score (nSPS) is 26.7. The van der Waals surface area contributed by atoms with Gasteiger partial charge in [0.1, 0.15) is 22.9 Å². The molecule has 7 heteroatoms. The quantitative estimate of drug-likeness (QED) is 0.575. The molecule has 0 radical (unpaired) electrons. The second-order valence-electron chi connectivity index (χ2n) is 10.6. The number of fused-ring (bicyclic) bond motifs is 3. The Morgan fingerprint density at radius 3 is 2.53 bits per heavy atom. The molecule has 3 aromatic rings. The van der Waals surface area contributed by atoms with E-state index >= 15 is 0 Å². The van der Waals surface area contributed by atoms with Gasteiger partial charge in [0.15, 0.2) is 0 Å². The van der Waals surface area contributed by atoms with Crippen molar-refractivity contribution in [2.75, 3.05) is 7.05 Å². The van der Waals surface area contributed by atoms with E-state index in [0.29, 0.717) is 23.2 Å². The van der Waals surface area contributed by atoms with Gasteiger partial charge in [0.05, 0.1) is 16.8 Å². The van der Waals surface area contributed by atoms with Crippen molar-refractivity contribution in [2.45, 2.75) is 88.0 Å². The molecule has 3 fully saturated rings. The van der Waals surface area contributed by atoms with Crippen LogP contribution in [0.25, 0.3) is 15.9 Å². The summed E-state index contributed by atoms with van der Waals surface area (Å²) in [6.07, 6.45) is 12.3. The maximum absolute atomic E-state index is 13.3. The van der Waals surface area contributed by atoms with Crippen molar-refractivity contribution in [3.05, 3.63) is 51.9 Å². The molecule has 34 heavy (non-hydrogen) atoms. The second-order valence-corrected chi connectivity index (χ2v) is 11.7. The van der Waals surface area contributed by atoms with Gasteiger partial charge in [-0.3, -0.25) is 9.36 Å².